The van der Waals surface area contributed by atoms with Crippen LogP contribution in [0.3, 0.4) is 0 Å². The van der Waals surface area contributed by atoms with Crippen molar-refractivity contribution in [1.82, 2.24) is 19.5 Å². The quantitative estimate of drug-likeness (QED) is 0.750. The van der Waals surface area contributed by atoms with Crippen LogP contribution in [-0.4, -0.2) is 38.5 Å². The lowest BCUT2D eigenvalue weighted by molar-refractivity contribution is 0.0794. The predicted octanol–water partition coefficient (Wildman–Crippen LogP) is 2.95. The molecule has 0 saturated carbocycles. The van der Waals surface area contributed by atoms with Crippen LogP contribution in [0.15, 0.2) is 29.2 Å². The molecule has 4 rings (SSSR count). The van der Waals surface area contributed by atoms with Crippen LogP contribution in [0.1, 0.15) is 40.0 Å². The number of hydrogen-bond acceptors (Lipinski definition) is 3. The highest BCUT2D eigenvalue weighted by Gasteiger charge is 2.24. The van der Waals surface area contributed by atoms with Crippen LogP contribution >= 0.6 is 11.6 Å². The normalized spacial score (nSPS) is 14.3. The van der Waals surface area contributed by atoms with E-state index in [1.54, 1.807) is 17.9 Å². The average molecular weight is 389 g/mol. The third-order valence-electron chi connectivity index (χ3n) is 4.97. The summed E-state index contributed by atoms with van der Waals surface area (Å²) >= 11 is 6.09. The maximum atomic E-state index is 13.3. The molecular formula is C19H18ClFN4O2. The number of aromatic amines is 1. The largest absolute Gasteiger partial charge is 0.338 e. The van der Waals surface area contributed by atoms with Crippen LogP contribution in [0.2, 0.25) is 5.02 Å². The molecule has 6 nitrogen and oxygen atoms in total. The highest BCUT2D eigenvalue weighted by atomic mass is 35.5. The Bertz CT molecular complexity index is 1100. The number of nitrogens with one attached hydrogen (secondary N) is 1. The van der Waals surface area contributed by atoms with Crippen LogP contribution in [0, 0.1) is 12.7 Å². The molecule has 1 aromatic carbocycles. The number of H-pyrrole nitrogens is 1. The Morgan fingerprint density at radius 1 is 1.33 bits per heavy atom. The van der Waals surface area contributed by atoms with Crippen molar-refractivity contribution in [2.45, 2.75) is 26.2 Å². The van der Waals surface area contributed by atoms with Crippen molar-refractivity contribution in [3.8, 4) is 0 Å². The molecule has 2 aromatic heterocycles. The molecule has 1 aliphatic heterocycles. The number of carbonyl (C=O) groups is 1. The molecule has 0 unspecified atom stereocenters. The van der Waals surface area contributed by atoms with Crippen molar-refractivity contribution < 1.29 is 9.18 Å². The van der Waals surface area contributed by atoms with E-state index in [0.29, 0.717) is 28.0 Å². The first-order valence-electron chi connectivity index (χ1n) is 8.78. The number of likely N-dealkylation sites (tertiary alicyclic amines) is 1. The first-order chi connectivity index (χ1) is 13.0. The van der Waals surface area contributed by atoms with Crippen LogP contribution in [0.4, 0.5) is 4.39 Å². The number of nitrogens with zero attached hydrogens (tertiary/aromatic N) is 3. The highest BCUT2D eigenvalue weighted by molar-refractivity contribution is 6.31. The van der Waals surface area contributed by atoms with Crippen molar-refractivity contribution in [2.24, 2.45) is 0 Å². The molecule has 8 heteroatoms. The fraction of sp³-hybridized carbons (Fsp3) is 0.316. The Hall–Kier alpha value is -2.67. The molecule has 0 spiro atoms. The van der Waals surface area contributed by atoms with Gasteiger partial charge in [-0.3, -0.25) is 14.7 Å². The molecule has 0 atom stereocenters. The molecule has 0 aliphatic carbocycles. The lowest BCUT2D eigenvalue weighted by Crippen LogP contribution is -2.28. The molecule has 1 fully saturated rings. The number of carbonyl (C=O) groups excluding carboxylic acids is 1. The van der Waals surface area contributed by atoms with Crippen LogP contribution in [0.25, 0.3) is 5.65 Å². The van der Waals surface area contributed by atoms with Crippen molar-refractivity contribution in [1.29, 1.82) is 0 Å². The molecule has 3 aromatic rings. The summed E-state index contributed by atoms with van der Waals surface area (Å²) < 4.78 is 14.5. The number of aromatic nitrogens is 3. The van der Waals surface area contributed by atoms with Gasteiger partial charge in [0, 0.05) is 42.0 Å². The Kier molecular flexibility index (Phi) is 4.47. The number of fused-ring (bicyclic) bond motifs is 1. The average Bonchev–Trinajstić information content (AvgIpc) is 3.29. The highest BCUT2D eigenvalue weighted by Crippen LogP contribution is 2.21. The van der Waals surface area contributed by atoms with Gasteiger partial charge >= 0.3 is 0 Å². The van der Waals surface area contributed by atoms with Gasteiger partial charge < -0.3 is 4.90 Å². The number of amides is 1. The smallest absolute Gasteiger partial charge is 0.276 e. The summed E-state index contributed by atoms with van der Waals surface area (Å²) in [6.45, 7) is 3.17. The van der Waals surface area contributed by atoms with Gasteiger partial charge in [-0.05, 0) is 37.5 Å². The number of benzene rings is 1. The molecule has 27 heavy (non-hydrogen) atoms. The minimum Gasteiger partial charge on any atom is -0.338 e. The van der Waals surface area contributed by atoms with Gasteiger partial charge in [-0.2, -0.15) is 0 Å². The van der Waals surface area contributed by atoms with Crippen molar-refractivity contribution in [3.05, 3.63) is 68.0 Å². The van der Waals surface area contributed by atoms with Gasteiger partial charge in [0.15, 0.2) is 5.65 Å². The summed E-state index contributed by atoms with van der Waals surface area (Å²) in [7, 11) is 0. The van der Waals surface area contributed by atoms with Gasteiger partial charge in [0.25, 0.3) is 11.5 Å². The lowest BCUT2D eigenvalue weighted by Gasteiger charge is -2.14. The van der Waals surface area contributed by atoms with Gasteiger partial charge in [-0.25, -0.2) is 13.9 Å². The molecule has 1 aliphatic rings. The Morgan fingerprint density at radius 2 is 2.07 bits per heavy atom. The fourth-order valence-electron chi connectivity index (χ4n) is 3.46. The fourth-order valence-corrected chi connectivity index (χ4v) is 3.70. The Morgan fingerprint density at radius 3 is 2.78 bits per heavy atom. The third kappa shape index (κ3) is 3.12. The Balaban J connectivity index is 1.76. The minimum atomic E-state index is -0.430. The van der Waals surface area contributed by atoms with Crippen LogP contribution in [-0.2, 0) is 6.42 Å². The summed E-state index contributed by atoms with van der Waals surface area (Å²) in [6, 6.07) is 4.08. The molecule has 140 valence electrons. The van der Waals surface area contributed by atoms with E-state index < -0.39 is 5.82 Å². The van der Waals surface area contributed by atoms with E-state index in [9.17, 15) is 14.0 Å². The van der Waals surface area contributed by atoms with E-state index >= 15 is 0 Å². The summed E-state index contributed by atoms with van der Waals surface area (Å²) in [5.41, 5.74) is 2.03. The van der Waals surface area contributed by atoms with Gasteiger partial charge in [0.05, 0.1) is 0 Å². The molecule has 0 bridgehead atoms. The second-order valence-electron chi connectivity index (χ2n) is 6.74. The van der Waals surface area contributed by atoms with Crippen LogP contribution < -0.4 is 5.56 Å². The van der Waals surface area contributed by atoms with Crippen molar-refractivity contribution >= 4 is 23.2 Å². The van der Waals surface area contributed by atoms with E-state index in [1.807, 2.05) is 0 Å². The molecule has 1 amide bonds. The summed E-state index contributed by atoms with van der Waals surface area (Å²) in [5, 5.41) is 3.10. The van der Waals surface area contributed by atoms with E-state index in [2.05, 4.69) is 10.1 Å². The monoisotopic (exact) mass is 388 g/mol. The Labute approximate surface area is 159 Å². The van der Waals surface area contributed by atoms with E-state index in [4.69, 9.17) is 11.6 Å². The molecule has 0 radical (unpaired) electrons. The van der Waals surface area contributed by atoms with Gasteiger partial charge in [0.1, 0.15) is 11.4 Å². The minimum absolute atomic E-state index is 0.119. The molecule has 1 N–H and O–H groups in total. The van der Waals surface area contributed by atoms with Gasteiger partial charge in [0.2, 0.25) is 0 Å². The maximum Gasteiger partial charge on any atom is 0.276 e. The van der Waals surface area contributed by atoms with Gasteiger partial charge in [-0.15, -0.1) is 0 Å². The molecule has 1 saturated heterocycles. The van der Waals surface area contributed by atoms with Crippen LogP contribution in [0.5, 0.6) is 0 Å². The second kappa shape index (κ2) is 6.81. The predicted molar refractivity (Wildman–Crippen MR) is 99.9 cm³/mol. The standard InChI is InChI=1S/C19H18ClFN4O2/c1-11-14(8-12-4-5-13(21)9-16(12)20)19(27)25-17(23-11)15(10-22-25)18(26)24-6-2-3-7-24/h4-5,9-10,22H,2-3,6-8H2,1H3. The zero-order valence-corrected chi connectivity index (χ0v) is 15.5. The zero-order valence-electron chi connectivity index (χ0n) is 14.8. The topological polar surface area (TPSA) is 70.5 Å². The van der Waals surface area contributed by atoms with Crippen molar-refractivity contribution in [3.63, 3.8) is 0 Å². The van der Waals surface area contributed by atoms with Gasteiger partial charge in [-0.1, -0.05) is 17.7 Å². The summed E-state index contributed by atoms with van der Waals surface area (Å²) in [4.78, 5) is 31.9. The third-order valence-corrected chi connectivity index (χ3v) is 5.32. The SMILES string of the molecule is Cc1nc2c(C(=O)N3CCCC3)c[nH]n2c(=O)c1Cc1ccc(F)cc1Cl. The second-order valence-corrected chi connectivity index (χ2v) is 7.15. The molecule has 3 heterocycles. The first kappa shape index (κ1) is 17.7. The summed E-state index contributed by atoms with van der Waals surface area (Å²) in [6.07, 6.45) is 3.73. The van der Waals surface area contributed by atoms with E-state index in [0.717, 1.165) is 25.9 Å². The number of aryl methyl sites for hydroxylation is 1. The lowest BCUT2D eigenvalue weighted by atomic mass is 10.0. The zero-order chi connectivity index (χ0) is 19.1. The summed E-state index contributed by atoms with van der Waals surface area (Å²) in [5.74, 6) is -0.549. The molecular weight excluding hydrogens is 371 g/mol. The maximum absolute atomic E-state index is 13.3. The van der Waals surface area contributed by atoms with E-state index in [-0.39, 0.29) is 22.9 Å². The number of rotatable bonds is 3. The number of halogens is 2. The first-order valence-corrected chi connectivity index (χ1v) is 9.16. The van der Waals surface area contributed by atoms with Crippen molar-refractivity contribution in [2.75, 3.05) is 13.1 Å². The van der Waals surface area contributed by atoms with E-state index in [1.165, 1.54) is 22.8 Å². The number of hydrogen-bond donors (Lipinski definition) is 1.